The van der Waals surface area contributed by atoms with Gasteiger partial charge in [-0.2, -0.15) is 13.2 Å². The van der Waals surface area contributed by atoms with Gasteiger partial charge < -0.3 is 9.84 Å². The third-order valence-corrected chi connectivity index (χ3v) is 2.35. The summed E-state index contributed by atoms with van der Waals surface area (Å²) >= 11 is 5.30. The van der Waals surface area contributed by atoms with Crippen molar-refractivity contribution in [2.75, 3.05) is 0 Å². The summed E-state index contributed by atoms with van der Waals surface area (Å²) in [6.45, 7) is 0. The normalized spacial score (nSPS) is 12.3. The Labute approximate surface area is 118 Å². The number of hydrogen-bond donors (Lipinski definition) is 1. The number of rotatable bonds is 4. The van der Waals surface area contributed by atoms with Crippen LogP contribution in [0.15, 0.2) is 6.07 Å². The van der Waals surface area contributed by atoms with Crippen LogP contribution in [0.1, 0.15) is 17.0 Å². The molecule has 11 heteroatoms. The van der Waals surface area contributed by atoms with Crippen molar-refractivity contribution in [1.82, 2.24) is 4.98 Å². The summed E-state index contributed by atoms with van der Waals surface area (Å²) in [6.07, 6.45) is -11.8. The van der Waals surface area contributed by atoms with E-state index in [-0.39, 0.29) is 6.07 Å². The molecule has 4 nitrogen and oxygen atoms in total. The Kier molecular flexibility index (Phi) is 4.92. The topological polar surface area (TPSA) is 59.4 Å². The number of carbonyl (C=O) groups is 1. The molecule has 0 aliphatic carbocycles. The lowest BCUT2D eigenvalue weighted by atomic mass is 10.1. The number of pyridine rings is 1. The molecule has 0 bridgehead atoms. The molecule has 0 aliphatic heterocycles. The first kappa shape index (κ1) is 17.3. The van der Waals surface area contributed by atoms with Gasteiger partial charge in [0, 0.05) is 0 Å². The van der Waals surface area contributed by atoms with Crippen LogP contribution in [0, 0.1) is 0 Å². The number of aromatic nitrogens is 1. The molecule has 0 fully saturated rings. The molecule has 118 valence electrons. The Hall–Kier alpha value is -1.71. The van der Waals surface area contributed by atoms with Crippen molar-refractivity contribution in [2.45, 2.75) is 24.8 Å². The lowest BCUT2D eigenvalue weighted by molar-refractivity contribution is -0.276. The maximum Gasteiger partial charge on any atom is 0.573 e. The smallest absolute Gasteiger partial charge is 0.481 e. The number of halogens is 7. The summed E-state index contributed by atoms with van der Waals surface area (Å²) in [6, 6.07) is 0.277. The molecule has 1 rings (SSSR count). The summed E-state index contributed by atoms with van der Waals surface area (Å²) in [5.74, 6) is -3.90. The SMILES string of the molecule is O=C(O)Cc1nc(CCl)cc(C(F)(F)F)c1OC(F)(F)F. The van der Waals surface area contributed by atoms with Gasteiger partial charge in [-0.05, 0) is 6.07 Å². The maximum atomic E-state index is 12.8. The van der Waals surface area contributed by atoms with Gasteiger partial charge in [0.05, 0.1) is 23.7 Å². The van der Waals surface area contributed by atoms with Gasteiger partial charge in [0.1, 0.15) is 5.56 Å². The molecule has 0 saturated carbocycles. The quantitative estimate of drug-likeness (QED) is 0.676. The van der Waals surface area contributed by atoms with Crippen molar-refractivity contribution in [1.29, 1.82) is 0 Å². The molecular formula is C10H6ClF6NO3. The van der Waals surface area contributed by atoms with Crippen LogP contribution >= 0.6 is 11.6 Å². The third-order valence-electron chi connectivity index (χ3n) is 2.08. The van der Waals surface area contributed by atoms with Crippen LogP contribution in [0.4, 0.5) is 26.3 Å². The first-order valence-corrected chi connectivity index (χ1v) is 5.61. The molecule has 1 N–H and O–H groups in total. The number of carboxylic acid groups (broad SMARTS) is 1. The van der Waals surface area contributed by atoms with Crippen LogP contribution in [-0.4, -0.2) is 22.4 Å². The first-order chi connectivity index (χ1) is 9.44. The van der Waals surface area contributed by atoms with Gasteiger partial charge in [-0.15, -0.1) is 24.8 Å². The van der Waals surface area contributed by atoms with Gasteiger partial charge in [0.25, 0.3) is 0 Å². The molecule has 0 amide bonds. The molecule has 1 aromatic rings. The number of ether oxygens (including phenoxy) is 1. The van der Waals surface area contributed by atoms with E-state index in [9.17, 15) is 31.1 Å². The minimum atomic E-state index is -5.43. The largest absolute Gasteiger partial charge is 0.573 e. The van der Waals surface area contributed by atoms with Gasteiger partial charge >= 0.3 is 18.5 Å². The second kappa shape index (κ2) is 5.96. The lowest BCUT2D eigenvalue weighted by Gasteiger charge is -2.18. The summed E-state index contributed by atoms with van der Waals surface area (Å²) in [7, 11) is 0. The van der Waals surface area contributed by atoms with Crippen molar-refractivity contribution >= 4 is 17.6 Å². The van der Waals surface area contributed by atoms with Gasteiger partial charge in [0.15, 0.2) is 5.75 Å². The average Bonchev–Trinajstić information content (AvgIpc) is 2.27. The minimum Gasteiger partial charge on any atom is -0.481 e. The van der Waals surface area contributed by atoms with Gasteiger partial charge in [-0.1, -0.05) is 0 Å². The van der Waals surface area contributed by atoms with E-state index >= 15 is 0 Å². The summed E-state index contributed by atoms with van der Waals surface area (Å²) in [4.78, 5) is 13.9. The van der Waals surface area contributed by atoms with Crippen LogP contribution in [0.5, 0.6) is 5.75 Å². The number of nitrogens with zero attached hydrogens (tertiary/aromatic N) is 1. The highest BCUT2D eigenvalue weighted by molar-refractivity contribution is 6.16. The van der Waals surface area contributed by atoms with Crippen LogP contribution < -0.4 is 4.74 Å². The highest BCUT2D eigenvalue weighted by Crippen LogP contribution is 2.40. The highest BCUT2D eigenvalue weighted by atomic mass is 35.5. The zero-order chi connectivity index (χ0) is 16.4. The molecular weight excluding hydrogens is 332 g/mol. The van der Waals surface area contributed by atoms with Crippen LogP contribution in [-0.2, 0) is 23.3 Å². The Morgan fingerprint density at radius 2 is 1.86 bits per heavy atom. The molecule has 0 aliphatic rings. The van der Waals surface area contributed by atoms with Crippen LogP contribution in [0.2, 0.25) is 0 Å². The van der Waals surface area contributed by atoms with E-state index in [1.165, 1.54) is 0 Å². The standard InChI is InChI=1S/C10H6ClF6NO3/c11-3-4-1-5(9(12,13)14)8(21-10(15,16)17)6(18-4)2-7(19)20/h1H,2-3H2,(H,19,20). The second-order valence-electron chi connectivity index (χ2n) is 3.69. The number of alkyl halides is 7. The zero-order valence-electron chi connectivity index (χ0n) is 9.85. The molecule has 0 spiro atoms. The van der Waals surface area contributed by atoms with Gasteiger partial charge in [-0.3, -0.25) is 9.78 Å². The van der Waals surface area contributed by atoms with Gasteiger partial charge in [0.2, 0.25) is 0 Å². The summed E-state index contributed by atoms with van der Waals surface area (Å²) in [5, 5.41) is 8.56. The molecule has 1 heterocycles. The highest BCUT2D eigenvalue weighted by Gasteiger charge is 2.41. The summed E-state index contributed by atoms with van der Waals surface area (Å²) < 4.78 is 78.3. The van der Waals surface area contributed by atoms with E-state index in [1.54, 1.807) is 0 Å². The molecule has 1 aromatic heterocycles. The van der Waals surface area contributed by atoms with Crippen molar-refractivity contribution in [3.63, 3.8) is 0 Å². The molecule has 21 heavy (non-hydrogen) atoms. The number of hydrogen-bond acceptors (Lipinski definition) is 3. The number of aliphatic carboxylic acids is 1. The summed E-state index contributed by atoms with van der Waals surface area (Å²) in [5.41, 5.74) is -3.22. The third kappa shape index (κ3) is 4.96. The Morgan fingerprint density at radius 3 is 2.24 bits per heavy atom. The van der Waals surface area contributed by atoms with E-state index < -0.39 is 53.5 Å². The zero-order valence-corrected chi connectivity index (χ0v) is 10.6. The monoisotopic (exact) mass is 337 g/mol. The fourth-order valence-electron chi connectivity index (χ4n) is 1.42. The Bertz CT molecular complexity index is 543. The Morgan fingerprint density at radius 1 is 1.29 bits per heavy atom. The average molecular weight is 338 g/mol. The predicted molar refractivity (Wildman–Crippen MR) is 56.8 cm³/mol. The van der Waals surface area contributed by atoms with E-state index in [0.29, 0.717) is 0 Å². The Balaban J connectivity index is 3.54. The van der Waals surface area contributed by atoms with Crippen molar-refractivity contribution in [2.24, 2.45) is 0 Å². The molecule has 0 radical (unpaired) electrons. The lowest BCUT2D eigenvalue weighted by Crippen LogP contribution is -2.23. The predicted octanol–water partition coefficient (Wildman–Crippen LogP) is 3.36. The first-order valence-electron chi connectivity index (χ1n) is 5.07. The van der Waals surface area contributed by atoms with E-state index in [4.69, 9.17) is 16.7 Å². The number of carboxylic acids is 1. The van der Waals surface area contributed by atoms with Crippen LogP contribution in [0.25, 0.3) is 0 Å². The molecule has 0 unspecified atom stereocenters. The van der Waals surface area contributed by atoms with Crippen molar-refractivity contribution in [3.8, 4) is 5.75 Å². The van der Waals surface area contributed by atoms with Crippen LogP contribution in [0.3, 0.4) is 0 Å². The van der Waals surface area contributed by atoms with E-state index in [1.807, 2.05) is 0 Å². The van der Waals surface area contributed by atoms with Crippen molar-refractivity contribution in [3.05, 3.63) is 23.0 Å². The van der Waals surface area contributed by atoms with Crippen molar-refractivity contribution < 1.29 is 41.0 Å². The molecule has 0 atom stereocenters. The molecule has 0 aromatic carbocycles. The van der Waals surface area contributed by atoms with Gasteiger partial charge in [-0.25, -0.2) is 0 Å². The van der Waals surface area contributed by atoms with E-state index in [0.717, 1.165) is 0 Å². The fraction of sp³-hybridized carbons (Fsp3) is 0.400. The maximum absolute atomic E-state index is 12.8. The molecule has 0 saturated heterocycles. The fourth-order valence-corrected chi connectivity index (χ4v) is 1.55. The van der Waals surface area contributed by atoms with E-state index in [2.05, 4.69) is 9.72 Å². The second-order valence-corrected chi connectivity index (χ2v) is 3.95. The minimum absolute atomic E-state index is 0.277.